The van der Waals surface area contributed by atoms with Gasteiger partial charge in [-0.1, -0.05) is 35.5 Å². The van der Waals surface area contributed by atoms with Gasteiger partial charge in [-0.2, -0.15) is 5.10 Å². The number of urea groups is 1. The molecule has 16 heavy (non-hydrogen) atoms. The van der Waals surface area contributed by atoms with E-state index in [1.807, 2.05) is 12.2 Å². The monoisotopic (exact) mass is 217 g/mol. The van der Waals surface area contributed by atoms with E-state index in [9.17, 15) is 4.79 Å². The molecule has 0 fully saturated rings. The van der Waals surface area contributed by atoms with Crippen LogP contribution in [0.4, 0.5) is 4.79 Å². The molecule has 0 aromatic rings. The summed E-state index contributed by atoms with van der Waals surface area (Å²) in [6.07, 6.45) is 8.20. The molecular weight excluding hydrogens is 202 g/mol. The molecule has 4 nitrogen and oxygen atoms in total. The third kappa shape index (κ3) is 1.66. The summed E-state index contributed by atoms with van der Waals surface area (Å²) >= 11 is 0. The number of nitrogens with zero attached hydrogens (tertiary/aromatic N) is 1. The average Bonchev–Trinajstić information content (AvgIpc) is 2.44. The maximum absolute atomic E-state index is 10.7. The van der Waals surface area contributed by atoms with Crippen molar-refractivity contribution in [1.82, 2.24) is 5.43 Å². The minimum Gasteiger partial charge on any atom is -0.350 e. The standard InChI is InChI=1S/C12H15N3O/c1-7-8(2)10-6-4-3-5-9(7)11(10)14-15-12(13)16/h3-6,9-10H,1-2H3,(H3,13,15,16)/t9-,10-/m0/s1. The summed E-state index contributed by atoms with van der Waals surface area (Å²) in [5.41, 5.74) is 10.9. The predicted octanol–water partition coefficient (Wildman–Crippen LogP) is 1.72. The number of hydrogen-bond donors (Lipinski definition) is 2. The van der Waals surface area contributed by atoms with Gasteiger partial charge < -0.3 is 5.73 Å². The van der Waals surface area contributed by atoms with Crippen LogP contribution >= 0.6 is 0 Å². The van der Waals surface area contributed by atoms with Gasteiger partial charge in [0.15, 0.2) is 0 Å². The van der Waals surface area contributed by atoms with Gasteiger partial charge in [-0.25, -0.2) is 10.2 Å². The van der Waals surface area contributed by atoms with Crippen LogP contribution in [0.3, 0.4) is 0 Å². The Bertz CT molecular complexity index is 413. The molecule has 2 bridgehead atoms. The van der Waals surface area contributed by atoms with Gasteiger partial charge in [-0.3, -0.25) is 0 Å². The predicted molar refractivity (Wildman–Crippen MR) is 63.8 cm³/mol. The number of nitrogens with one attached hydrogen (secondary N) is 1. The Labute approximate surface area is 94.6 Å². The van der Waals surface area contributed by atoms with E-state index in [1.165, 1.54) is 11.1 Å². The molecule has 0 saturated carbocycles. The Morgan fingerprint density at radius 2 is 1.75 bits per heavy atom. The Morgan fingerprint density at radius 3 is 2.19 bits per heavy atom. The Kier molecular flexibility index (Phi) is 2.64. The highest BCUT2D eigenvalue weighted by molar-refractivity contribution is 6.00. The summed E-state index contributed by atoms with van der Waals surface area (Å²) in [6.45, 7) is 4.20. The molecule has 2 rings (SSSR count). The molecule has 4 heteroatoms. The lowest BCUT2D eigenvalue weighted by Gasteiger charge is -2.10. The zero-order valence-electron chi connectivity index (χ0n) is 9.40. The summed E-state index contributed by atoms with van der Waals surface area (Å²) in [4.78, 5) is 10.7. The molecule has 0 aromatic carbocycles. The number of allylic oxidation sites excluding steroid dienone is 6. The zero-order chi connectivity index (χ0) is 11.7. The van der Waals surface area contributed by atoms with E-state index in [2.05, 4.69) is 36.5 Å². The summed E-state index contributed by atoms with van der Waals surface area (Å²) in [7, 11) is 0. The Balaban J connectivity index is 2.37. The SMILES string of the molecule is CC1=C(C)[C@@H]2C=CC=C[C@@H]1C2=NNC(N)=O. The molecule has 2 aliphatic carbocycles. The number of primary amides is 1. The van der Waals surface area contributed by atoms with Crippen LogP contribution in [0.2, 0.25) is 0 Å². The van der Waals surface area contributed by atoms with Gasteiger partial charge in [0.2, 0.25) is 0 Å². The third-order valence-electron chi connectivity index (χ3n) is 3.21. The van der Waals surface area contributed by atoms with Crippen LogP contribution in [0.1, 0.15) is 13.8 Å². The molecule has 0 radical (unpaired) electrons. The molecule has 0 unspecified atom stereocenters. The van der Waals surface area contributed by atoms with Gasteiger partial charge in [0.1, 0.15) is 0 Å². The number of nitrogens with two attached hydrogens (primary N) is 1. The van der Waals surface area contributed by atoms with E-state index >= 15 is 0 Å². The number of amides is 2. The molecule has 3 N–H and O–H groups in total. The normalized spacial score (nSPS) is 27.0. The molecule has 0 aromatic heterocycles. The second kappa shape index (κ2) is 3.96. The fraction of sp³-hybridized carbons (Fsp3) is 0.333. The molecule has 0 aliphatic heterocycles. The lowest BCUT2D eigenvalue weighted by molar-refractivity contribution is 0.249. The highest BCUT2D eigenvalue weighted by Crippen LogP contribution is 2.37. The van der Waals surface area contributed by atoms with Crippen LogP contribution in [0.25, 0.3) is 0 Å². The smallest absolute Gasteiger partial charge is 0.332 e. The molecular formula is C12H15N3O. The van der Waals surface area contributed by atoms with Gasteiger partial charge in [0.05, 0.1) is 5.71 Å². The number of rotatable bonds is 1. The second-order valence-corrected chi connectivity index (χ2v) is 4.10. The topological polar surface area (TPSA) is 67.5 Å². The van der Waals surface area contributed by atoms with Crippen molar-refractivity contribution in [1.29, 1.82) is 0 Å². The number of carbonyl (C=O) groups excluding carboxylic acids is 1. The van der Waals surface area contributed by atoms with Crippen molar-refractivity contribution >= 4 is 11.7 Å². The van der Waals surface area contributed by atoms with Gasteiger partial charge in [0, 0.05) is 11.8 Å². The summed E-state index contributed by atoms with van der Waals surface area (Å²) < 4.78 is 0. The molecule has 0 spiro atoms. The Hall–Kier alpha value is -1.84. The van der Waals surface area contributed by atoms with Crippen molar-refractivity contribution in [2.45, 2.75) is 13.8 Å². The van der Waals surface area contributed by atoms with Crippen LogP contribution in [-0.2, 0) is 0 Å². The molecule has 0 heterocycles. The second-order valence-electron chi connectivity index (χ2n) is 4.10. The zero-order valence-corrected chi connectivity index (χ0v) is 9.40. The van der Waals surface area contributed by atoms with Crippen LogP contribution in [-0.4, -0.2) is 11.7 Å². The first kappa shape index (κ1) is 10.7. The fourth-order valence-electron chi connectivity index (χ4n) is 2.22. The van der Waals surface area contributed by atoms with Crippen molar-refractivity contribution in [2.75, 3.05) is 0 Å². The maximum atomic E-state index is 10.7. The van der Waals surface area contributed by atoms with E-state index < -0.39 is 6.03 Å². The van der Waals surface area contributed by atoms with E-state index in [-0.39, 0.29) is 11.8 Å². The number of carbonyl (C=O) groups is 1. The molecule has 84 valence electrons. The van der Waals surface area contributed by atoms with Crippen LogP contribution < -0.4 is 11.2 Å². The van der Waals surface area contributed by atoms with Crippen molar-refractivity contribution < 1.29 is 4.79 Å². The lowest BCUT2D eigenvalue weighted by atomic mass is 9.98. The van der Waals surface area contributed by atoms with Crippen molar-refractivity contribution in [3.05, 3.63) is 35.5 Å². The van der Waals surface area contributed by atoms with Gasteiger partial charge >= 0.3 is 6.03 Å². The fourth-order valence-corrected chi connectivity index (χ4v) is 2.22. The number of fused-ring (bicyclic) bond motifs is 2. The minimum absolute atomic E-state index is 0.187. The van der Waals surface area contributed by atoms with E-state index in [0.717, 1.165) is 5.71 Å². The van der Waals surface area contributed by atoms with Gasteiger partial charge in [-0.15, -0.1) is 0 Å². The van der Waals surface area contributed by atoms with Crippen LogP contribution in [0.15, 0.2) is 40.6 Å². The van der Waals surface area contributed by atoms with Gasteiger partial charge in [0.25, 0.3) is 0 Å². The highest BCUT2D eigenvalue weighted by Gasteiger charge is 2.33. The number of hydrogen-bond acceptors (Lipinski definition) is 2. The molecule has 2 atom stereocenters. The largest absolute Gasteiger partial charge is 0.350 e. The highest BCUT2D eigenvalue weighted by atomic mass is 16.2. The molecule has 0 saturated heterocycles. The minimum atomic E-state index is -0.626. The van der Waals surface area contributed by atoms with Gasteiger partial charge in [-0.05, 0) is 13.8 Å². The third-order valence-corrected chi connectivity index (χ3v) is 3.21. The van der Waals surface area contributed by atoms with Crippen molar-refractivity contribution in [3.63, 3.8) is 0 Å². The summed E-state index contributed by atoms with van der Waals surface area (Å²) in [5.74, 6) is 0.374. The van der Waals surface area contributed by atoms with Crippen LogP contribution in [0, 0.1) is 11.8 Å². The van der Waals surface area contributed by atoms with Crippen molar-refractivity contribution in [2.24, 2.45) is 22.7 Å². The first-order valence-corrected chi connectivity index (χ1v) is 5.26. The molecule has 2 aliphatic rings. The lowest BCUT2D eigenvalue weighted by Crippen LogP contribution is -2.28. The quantitative estimate of drug-likeness (QED) is 0.509. The van der Waals surface area contributed by atoms with E-state index in [4.69, 9.17) is 5.73 Å². The summed E-state index contributed by atoms with van der Waals surface area (Å²) in [6, 6.07) is -0.626. The van der Waals surface area contributed by atoms with E-state index in [1.54, 1.807) is 0 Å². The van der Waals surface area contributed by atoms with E-state index in [0.29, 0.717) is 0 Å². The van der Waals surface area contributed by atoms with Crippen LogP contribution in [0.5, 0.6) is 0 Å². The molecule has 2 amide bonds. The summed E-state index contributed by atoms with van der Waals surface area (Å²) in [5, 5.41) is 4.12. The average molecular weight is 217 g/mol. The first-order chi connectivity index (χ1) is 7.61. The van der Waals surface area contributed by atoms with Crippen molar-refractivity contribution in [3.8, 4) is 0 Å². The first-order valence-electron chi connectivity index (χ1n) is 5.26. The Morgan fingerprint density at radius 1 is 1.25 bits per heavy atom. The maximum Gasteiger partial charge on any atom is 0.332 e. The number of hydrazone groups is 1.